The molecule has 1 rings (SSSR count). The average molecular weight is 298 g/mol. The van der Waals surface area contributed by atoms with Crippen LogP contribution in [-0.2, 0) is 4.79 Å². The number of alkyl halides is 3. The van der Waals surface area contributed by atoms with Gasteiger partial charge in [-0.3, -0.25) is 4.79 Å². The highest BCUT2D eigenvalue weighted by Crippen LogP contribution is 2.29. The lowest BCUT2D eigenvalue weighted by Crippen LogP contribution is -2.40. The summed E-state index contributed by atoms with van der Waals surface area (Å²) in [5.41, 5.74) is -4.19. The van der Waals surface area contributed by atoms with Gasteiger partial charge in [0.25, 0.3) is 0 Å². The Hall–Kier alpha value is -0.430. The number of thioether (sulfide) groups is 1. The first-order valence-electron chi connectivity index (χ1n) is 6.68. The van der Waals surface area contributed by atoms with E-state index in [1.54, 1.807) is 0 Å². The quantitative estimate of drug-likeness (QED) is 0.585. The molecule has 1 amide bonds. The zero-order chi connectivity index (χ0) is 14.1. The molecule has 1 aliphatic rings. The van der Waals surface area contributed by atoms with Crippen LogP contribution in [0.1, 0.15) is 38.5 Å². The smallest absolute Gasteiger partial charge is 0.352 e. The Balaban J connectivity index is 2.04. The first-order chi connectivity index (χ1) is 8.97. The molecule has 0 aromatic heterocycles. The fourth-order valence-electron chi connectivity index (χ4n) is 2.14. The Bertz CT molecular complexity index is 266. The van der Waals surface area contributed by atoms with E-state index in [9.17, 15) is 18.0 Å². The van der Waals surface area contributed by atoms with Crippen molar-refractivity contribution in [2.45, 2.75) is 50.1 Å². The van der Waals surface area contributed by atoms with Gasteiger partial charge in [0, 0.05) is 18.3 Å². The van der Waals surface area contributed by atoms with Crippen LogP contribution in [0.5, 0.6) is 0 Å². The third kappa shape index (κ3) is 9.15. The normalized spacial score (nSPS) is 18.1. The van der Waals surface area contributed by atoms with E-state index in [4.69, 9.17) is 0 Å². The molecule has 0 saturated heterocycles. The summed E-state index contributed by atoms with van der Waals surface area (Å²) in [6, 6.07) is 0.237. The van der Waals surface area contributed by atoms with Crippen molar-refractivity contribution in [1.82, 2.24) is 10.6 Å². The van der Waals surface area contributed by atoms with Crippen molar-refractivity contribution in [2.24, 2.45) is 0 Å². The molecule has 0 atom stereocenters. The Morgan fingerprint density at radius 1 is 1.16 bits per heavy atom. The van der Waals surface area contributed by atoms with Crippen molar-refractivity contribution < 1.29 is 18.0 Å². The molecule has 112 valence electrons. The molecule has 1 aliphatic carbocycles. The molecule has 0 radical (unpaired) electrons. The van der Waals surface area contributed by atoms with E-state index in [1.807, 2.05) is 0 Å². The molecular formula is C12H21F3N2OS. The number of carbonyl (C=O) groups is 1. The van der Waals surface area contributed by atoms with Crippen molar-refractivity contribution in [3.8, 4) is 0 Å². The van der Waals surface area contributed by atoms with Gasteiger partial charge in [0.1, 0.15) is 0 Å². The zero-order valence-electron chi connectivity index (χ0n) is 10.9. The SMILES string of the molecule is O=C(CNCCSC(F)(F)F)NC1CCCCCC1. The Labute approximate surface area is 116 Å². The van der Waals surface area contributed by atoms with E-state index in [-0.39, 0.29) is 42.6 Å². The molecule has 0 bridgehead atoms. The molecule has 3 nitrogen and oxygen atoms in total. The van der Waals surface area contributed by atoms with E-state index in [0.29, 0.717) is 0 Å². The van der Waals surface area contributed by atoms with Crippen molar-refractivity contribution in [3.05, 3.63) is 0 Å². The van der Waals surface area contributed by atoms with Gasteiger partial charge in [-0.05, 0) is 24.6 Å². The summed E-state index contributed by atoms with van der Waals surface area (Å²) in [7, 11) is 0. The minimum atomic E-state index is -4.19. The van der Waals surface area contributed by atoms with E-state index in [1.165, 1.54) is 12.8 Å². The van der Waals surface area contributed by atoms with E-state index in [0.717, 1.165) is 25.7 Å². The lowest BCUT2D eigenvalue weighted by Gasteiger charge is -2.16. The van der Waals surface area contributed by atoms with Gasteiger partial charge in [-0.1, -0.05) is 25.7 Å². The topological polar surface area (TPSA) is 41.1 Å². The third-order valence-corrected chi connectivity index (χ3v) is 3.79. The first kappa shape index (κ1) is 16.6. The number of rotatable bonds is 6. The molecule has 1 fully saturated rings. The van der Waals surface area contributed by atoms with Crippen LogP contribution in [0.3, 0.4) is 0 Å². The standard InChI is InChI=1S/C12H21F3N2OS/c13-12(14,15)19-8-7-16-9-11(18)17-10-5-3-1-2-4-6-10/h10,16H,1-9H2,(H,17,18). The van der Waals surface area contributed by atoms with Crippen molar-refractivity contribution in [1.29, 1.82) is 0 Å². The first-order valence-corrected chi connectivity index (χ1v) is 7.67. The minimum Gasteiger partial charge on any atom is -0.352 e. The molecule has 7 heteroatoms. The van der Waals surface area contributed by atoms with Crippen LogP contribution in [0, 0.1) is 0 Å². The van der Waals surface area contributed by atoms with Crippen molar-refractivity contribution in [3.63, 3.8) is 0 Å². The van der Waals surface area contributed by atoms with Gasteiger partial charge in [-0.15, -0.1) is 0 Å². The Morgan fingerprint density at radius 3 is 2.37 bits per heavy atom. The van der Waals surface area contributed by atoms with Gasteiger partial charge in [0.05, 0.1) is 6.54 Å². The highest BCUT2D eigenvalue weighted by Gasteiger charge is 2.27. The molecule has 0 aromatic rings. The molecular weight excluding hydrogens is 277 g/mol. The highest BCUT2D eigenvalue weighted by molar-refractivity contribution is 8.00. The predicted molar refractivity (Wildman–Crippen MR) is 71.0 cm³/mol. The monoisotopic (exact) mass is 298 g/mol. The molecule has 2 N–H and O–H groups in total. The summed E-state index contributed by atoms with van der Waals surface area (Å²) in [4.78, 5) is 11.6. The molecule has 19 heavy (non-hydrogen) atoms. The molecule has 0 unspecified atom stereocenters. The van der Waals surface area contributed by atoms with Gasteiger partial charge >= 0.3 is 5.51 Å². The van der Waals surface area contributed by atoms with Crippen LogP contribution < -0.4 is 10.6 Å². The van der Waals surface area contributed by atoms with Crippen molar-refractivity contribution in [2.75, 3.05) is 18.8 Å². The second-order valence-electron chi connectivity index (χ2n) is 4.73. The van der Waals surface area contributed by atoms with Crippen LogP contribution in [0.2, 0.25) is 0 Å². The maximum Gasteiger partial charge on any atom is 0.441 e. The molecule has 0 aromatic carbocycles. The number of hydrogen-bond acceptors (Lipinski definition) is 3. The molecule has 0 heterocycles. The minimum absolute atomic E-state index is 0.0692. The second-order valence-corrected chi connectivity index (χ2v) is 5.89. The van der Waals surface area contributed by atoms with Crippen LogP contribution in [0.25, 0.3) is 0 Å². The van der Waals surface area contributed by atoms with Gasteiger partial charge in [-0.2, -0.15) is 13.2 Å². The summed E-state index contributed by atoms with van der Waals surface area (Å²) >= 11 is -0.0706. The Kier molecular flexibility index (Phi) is 7.60. The predicted octanol–water partition coefficient (Wildman–Crippen LogP) is 2.67. The fourth-order valence-corrected chi connectivity index (χ4v) is 2.62. The summed E-state index contributed by atoms with van der Waals surface area (Å²) in [6.07, 6.45) is 6.74. The number of hydrogen-bond donors (Lipinski definition) is 2. The summed E-state index contributed by atoms with van der Waals surface area (Å²) in [5.74, 6) is -0.191. The molecule has 0 spiro atoms. The summed E-state index contributed by atoms with van der Waals surface area (Å²) < 4.78 is 35.5. The maximum absolute atomic E-state index is 11.8. The molecule has 0 aliphatic heterocycles. The number of carbonyl (C=O) groups excluding carboxylic acids is 1. The van der Waals surface area contributed by atoms with Gasteiger partial charge in [0.2, 0.25) is 5.91 Å². The van der Waals surface area contributed by atoms with Crippen LogP contribution in [0.4, 0.5) is 13.2 Å². The molecule has 1 saturated carbocycles. The number of nitrogens with one attached hydrogen (secondary N) is 2. The van der Waals surface area contributed by atoms with Gasteiger partial charge in [0.15, 0.2) is 0 Å². The summed E-state index contributed by atoms with van der Waals surface area (Å²) in [6.45, 7) is 0.275. The van der Waals surface area contributed by atoms with Crippen molar-refractivity contribution >= 4 is 17.7 Å². The van der Waals surface area contributed by atoms with E-state index in [2.05, 4.69) is 10.6 Å². The second kappa shape index (κ2) is 8.68. The Morgan fingerprint density at radius 2 is 1.79 bits per heavy atom. The highest BCUT2D eigenvalue weighted by atomic mass is 32.2. The van der Waals surface area contributed by atoms with E-state index >= 15 is 0 Å². The lowest BCUT2D eigenvalue weighted by molar-refractivity contribution is -0.121. The fraction of sp³-hybridized carbons (Fsp3) is 0.917. The van der Waals surface area contributed by atoms with Crippen LogP contribution in [0.15, 0.2) is 0 Å². The largest absolute Gasteiger partial charge is 0.441 e. The van der Waals surface area contributed by atoms with Crippen LogP contribution >= 0.6 is 11.8 Å². The lowest BCUT2D eigenvalue weighted by atomic mass is 10.1. The number of halogens is 3. The van der Waals surface area contributed by atoms with Gasteiger partial charge < -0.3 is 10.6 Å². The summed E-state index contributed by atoms with van der Waals surface area (Å²) in [5, 5.41) is 5.67. The third-order valence-electron chi connectivity index (χ3n) is 3.05. The maximum atomic E-state index is 11.8. The van der Waals surface area contributed by atoms with E-state index < -0.39 is 5.51 Å². The number of amides is 1. The zero-order valence-corrected chi connectivity index (χ0v) is 11.7. The average Bonchev–Trinajstić information content (AvgIpc) is 2.55. The van der Waals surface area contributed by atoms with Crippen LogP contribution in [-0.4, -0.2) is 36.3 Å². The van der Waals surface area contributed by atoms with Gasteiger partial charge in [-0.25, -0.2) is 0 Å².